The summed E-state index contributed by atoms with van der Waals surface area (Å²) in [7, 11) is 3.90. The van der Waals surface area contributed by atoms with Gasteiger partial charge in [-0.2, -0.15) is 5.10 Å². The number of hydrogen-bond acceptors (Lipinski definition) is 6. The molecule has 2 N–H and O–H groups in total. The van der Waals surface area contributed by atoms with Gasteiger partial charge in [0.1, 0.15) is 23.7 Å². The van der Waals surface area contributed by atoms with Gasteiger partial charge in [-0.05, 0) is 18.9 Å². The number of nitrogens with one attached hydrogen (secondary N) is 2. The first-order chi connectivity index (χ1) is 11.1. The molecule has 3 heterocycles. The third-order valence-electron chi connectivity index (χ3n) is 3.98. The number of likely N-dealkylation sites (tertiary alicyclic amines) is 1. The van der Waals surface area contributed by atoms with E-state index < -0.39 is 0 Å². The SMILES string of the molecule is CN(C)c1cc(NC2CCN(C(=O)c3ccn[nH]3)CC2)ncn1. The van der Waals surface area contributed by atoms with Crippen LogP contribution in [0.15, 0.2) is 24.7 Å². The molecule has 8 nitrogen and oxygen atoms in total. The lowest BCUT2D eigenvalue weighted by molar-refractivity contribution is 0.0712. The van der Waals surface area contributed by atoms with Crippen LogP contribution in [0.2, 0.25) is 0 Å². The predicted octanol–water partition coefficient (Wildman–Crippen LogP) is 0.982. The Balaban J connectivity index is 1.55. The zero-order valence-electron chi connectivity index (χ0n) is 13.4. The summed E-state index contributed by atoms with van der Waals surface area (Å²) >= 11 is 0. The summed E-state index contributed by atoms with van der Waals surface area (Å²) in [6.45, 7) is 1.45. The predicted molar refractivity (Wildman–Crippen MR) is 87.5 cm³/mol. The highest BCUT2D eigenvalue weighted by Crippen LogP contribution is 2.18. The summed E-state index contributed by atoms with van der Waals surface area (Å²) in [6, 6.07) is 3.95. The van der Waals surface area contributed by atoms with E-state index in [1.165, 1.54) is 0 Å². The Labute approximate surface area is 134 Å². The molecule has 1 amide bonds. The highest BCUT2D eigenvalue weighted by atomic mass is 16.2. The number of aromatic amines is 1. The monoisotopic (exact) mass is 315 g/mol. The second-order valence-electron chi connectivity index (χ2n) is 5.84. The summed E-state index contributed by atoms with van der Waals surface area (Å²) in [5.74, 6) is 1.70. The molecule has 0 aliphatic carbocycles. The summed E-state index contributed by atoms with van der Waals surface area (Å²) in [5.41, 5.74) is 0.544. The van der Waals surface area contributed by atoms with Gasteiger partial charge in [0.05, 0.1) is 0 Å². The molecular weight excluding hydrogens is 294 g/mol. The van der Waals surface area contributed by atoms with Gasteiger partial charge in [0.15, 0.2) is 0 Å². The van der Waals surface area contributed by atoms with Gasteiger partial charge in [-0.25, -0.2) is 9.97 Å². The lowest BCUT2D eigenvalue weighted by atomic mass is 10.0. The molecule has 3 rings (SSSR count). The highest BCUT2D eigenvalue weighted by molar-refractivity contribution is 5.92. The first-order valence-electron chi connectivity index (χ1n) is 7.68. The third-order valence-corrected chi connectivity index (χ3v) is 3.98. The lowest BCUT2D eigenvalue weighted by Crippen LogP contribution is -2.42. The average Bonchev–Trinajstić information content (AvgIpc) is 3.09. The van der Waals surface area contributed by atoms with Gasteiger partial charge >= 0.3 is 0 Å². The number of carbonyl (C=O) groups excluding carboxylic acids is 1. The Morgan fingerprint density at radius 2 is 2.13 bits per heavy atom. The minimum absolute atomic E-state index is 0.0119. The number of H-pyrrole nitrogens is 1. The number of anilines is 2. The van der Waals surface area contributed by atoms with Gasteiger partial charge in [-0.1, -0.05) is 0 Å². The molecule has 122 valence electrons. The lowest BCUT2D eigenvalue weighted by Gasteiger charge is -2.32. The van der Waals surface area contributed by atoms with Crippen molar-refractivity contribution >= 4 is 17.5 Å². The van der Waals surface area contributed by atoms with Crippen LogP contribution in [0.5, 0.6) is 0 Å². The van der Waals surface area contributed by atoms with Crippen LogP contribution in [0.1, 0.15) is 23.3 Å². The van der Waals surface area contributed by atoms with Gasteiger partial charge in [0, 0.05) is 45.5 Å². The van der Waals surface area contributed by atoms with Crippen molar-refractivity contribution in [3.05, 3.63) is 30.4 Å². The molecule has 2 aromatic rings. The molecule has 8 heteroatoms. The van der Waals surface area contributed by atoms with Gasteiger partial charge in [0.2, 0.25) is 0 Å². The number of amides is 1. The maximum atomic E-state index is 12.3. The van der Waals surface area contributed by atoms with Gasteiger partial charge in [-0.15, -0.1) is 0 Å². The molecule has 1 fully saturated rings. The first-order valence-corrected chi connectivity index (χ1v) is 7.68. The van der Waals surface area contributed by atoms with E-state index in [2.05, 4.69) is 25.5 Å². The van der Waals surface area contributed by atoms with E-state index in [1.54, 1.807) is 18.6 Å². The molecule has 1 aliphatic heterocycles. The quantitative estimate of drug-likeness (QED) is 0.874. The normalized spacial score (nSPS) is 15.5. The molecule has 2 aromatic heterocycles. The molecule has 0 radical (unpaired) electrons. The summed E-state index contributed by atoms with van der Waals surface area (Å²) in [5, 5.41) is 9.99. The zero-order chi connectivity index (χ0) is 16.2. The van der Waals surface area contributed by atoms with Crippen molar-refractivity contribution in [1.82, 2.24) is 25.1 Å². The van der Waals surface area contributed by atoms with Crippen molar-refractivity contribution in [3.8, 4) is 0 Å². The summed E-state index contributed by atoms with van der Waals surface area (Å²) in [4.78, 5) is 24.5. The Bertz CT molecular complexity index is 648. The molecule has 0 bridgehead atoms. The Hall–Kier alpha value is -2.64. The number of carbonyl (C=O) groups is 1. The van der Waals surface area contributed by atoms with Crippen molar-refractivity contribution in [3.63, 3.8) is 0 Å². The second kappa shape index (κ2) is 6.64. The molecule has 23 heavy (non-hydrogen) atoms. The fraction of sp³-hybridized carbons (Fsp3) is 0.467. The molecule has 0 atom stereocenters. The van der Waals surface area contributed by atoms with E-state index in [-0.39, 0.29) is 5.91 Å². The van der Waals surface area contributed by atoms with Crippen molar-refractivity contribution in [2.45, 2.75) is 18.9 Å². The minimum Gasteiger partial charge on any atom is -0.367 e. The average molecular weight is 315 g/mol. The van der Waals surface area contributed by atoms with E-state index in [9.17, 15) is 4.79 Å². The van der Waals surface area contributed by atoms with Crippen LogP contribution in [0.25, 0.3) is 0 Å². The number of aromatic nitrogens is 4. The molecule has 0 saturated carbocycles. The second-order valence-corrected chi connectivity index (χ2v) is 5.84. The molecule has 1 saturated heterocycles. The number of piperidine rings is 1. The Kier molecular flexibility index (Phi) is 4.40. The summed E-state index contributed by atoms with van der Waals surface area (Å²) in [6.07, 6.45) is 4.94. The topological polar surface area (TPSA) is 90.0 Å². The Morgan fingerprint density at radius 3 is 2.78 bits per heavy atom. The van der Waals surface area contributed by atoms with Crippen LogP contribution in [0.4, 0.5) is 11.6 Å². The number of rotatable bonds is 4. The first kappa shape index (κ1) is 15.3. The van der Waals surface area contributed by atoms with Crippen LogP contribution in [0, 0.1) is 0 Å². The fourth-order valence-electron chi connectivity index (χ4n) is 2.65. The van der Waals surface area contributed by atoms with Crippen LogP contribution < -0.4 is 10.2 Å². The van der Waals surface area contributed by atoms with Crippen molar-refractivity contribution in [2.75, 3.05) is 37.4 Å². The maximum absolute atomic E-state index is 12.3. The van der Waals surface area contributed by atoms with Crippen molar-refractivity contribution < 1.29 is 4.79 Å². The van der Waals surface area contributed by atoms with Crippen LogP contribution in [-0.4, -0.2) is 64.2 Å². The smallest absolute Gasteiger partial charge is 0.271 e. The third kappa shape index (κ3) is 3.58. The Morgan fingerprint density at radius 1 is 1.35 bits per heavy atom. The summed E-state index contributed by atoms with van der Waals surface area (Å²) < 4.78 is 0. The zero-order valence-corrected chi connectivity index (χ0v) is 13.4. The van der Waals surface area contributed by atoms with Crippen molar-refractivity contribution in [1.29, 1.82) is 0 Å². The minimum atomic E-state index is 0.0119. The molecule has 0 aromatic carbocycles. The molecular formula is C15H21N7O. The maximum Gasteiger partial charge on any atom is 0.271 e. The van der Waals surface area contributed by atoms with E-state index in [4.69, 9.17) is 0 Å². The fourth-order valence-corrected chi connectivity index (χ4v) is 2.65. The van der Waals surface area contributed by atoms with E-state index in [0.717, 1.165) is 37.6 Å². The highest BCUT2D eigenvalue weighted by Gasteiger charge is 2.24. The molecule has 0 spiro atoms. The van der Waals surface area contributed by atoms with Gasteiger partial charge in [-0.3, -0.25) is 9.89 Å². The number of hydrogen-bond donors (Lipinski definition) is 2. The van der Waals surface area contributed by atoms with E-state index >= 15 is 0 Å². The molecule has 1 aliphatic rings. The van der Waals surface area contributed by atoms with Crippen LogP contribution >= 0.6 is 0 Å². The van der Waals surface area contributed by atoms with Crippen LogP contribution in [-0.2, 0) is 0 Å². The van der Waals surface area contributed by atoms with Gasteiger partial charge in [0.25, 0.3) is 5.91 Å². The number of nitrogens with zero attached hydrogens (tertiary/aromatic N) is 5. The van der Waals surface area contributed by atoms with E-state index in [0.29, 0.717) is 11.7 Å². The van der Waals surface area contributed by atoms with E-state index in [1.807, 2.05) is 30.0 Å². The van der Waals surface area contributed by atoms with Crippen molar-refractivity contribution in [2.24, 2.45) is 0 Å². The van der Waals surface area contributed by atoms with Gasteiger partial charge < -0.3 is 15.1 Å². The largest absolute Gasteiger partial charge is 0.367 e. The standard InChI is InChI=1S/C15H21N7O/c1-21(2)14-9-13(16-10-17-14)19-11-4-7-22(8-5-11)15(23)12-3-6-18-20-12/h3,6,9-11H,4-5,7-8H2,1-2H3,(H,18,20)(H,16,17,19). The molecule has 0 unspecified atom stereocenters. The van der Waals surface area contributed by atoms with Crippen LogP contribution in [0.3, 0.4) is 0 Å².